The van der Waals surface area contributed by atoms with Gasteiger partial charge in [0.1, 0.15) is 5.82 Å². The van der Waals surface area contributed by atoms with E-state index in [1.165, 1.54) is 6.07 Å². The first-order valence-electron chi connectivity index (χ1n) is 8.40. The Bertz CT molecular complexity index is 921. The first kappa shape index (κ1) is 17.8. The maximum atomic E-state index is 13.5. The van der Waals surface area contributed by atoms with E-state index in [2.05, 4.69) is 10.1 Å². The lowest BCUT2D eigenvalue weighted by atomic mass is 10.1. The molecule has 26 heavy (non-hydrogen) atoms. The molecule has 0 bridgehead atoms. The average molecular weight is 352 g/mol. The van der Waals surface area contributed by atoms with E-state index in [1.807, 2.05) is 12.1 Å². The number of nitrogens with zero attached hydrogens (tertiary/aromatic N) is 4. The molecule has 0 aliphatic heterocycles. The van der Waals surface area contributed by atoms with Gasteiger partial charge in [-0.3, -0.25) is 14.5 Å². The van der Waals surface area contributed by atoms with Gasteiger partial charge in [0.05, 0.1) is 5.69 Å². The summed E-state index contributed by atoms with van der Waals surface area (Å²) in [6, 6.07) is 10.5. The van der Waals surface area contributed by atoms with Gasteiger partial charge < -0.3 is 4.90 Å². The lowest BCUT2D eigenvalue weighted by molar-refractivity contribution is 0.0790. The fraction of sp³-hybridized carbons (Fsp3) is 0.250. The maximum Gasteiger partial charge on any atom is 0.274 e. The maximum absolute atomic E-state index is 13.5. The highest BCUT2D eigenvalue weighted by atomic mass is 19.1. The zero-order valence-electron chi connectivity index (χ0n) is 15.1. The van der Waals surface area contributed by atoms with Crippen LogP contribution < -0.4 is 0 Å². The van der Waals surface area contributed by atoms with Crippen LogP contribution in [0.15, 0.2) is 48.8 Å². The van der Waals surface area contributed by atoms with Crippen LogP contribution in [-0.4, -0.2) is 39.2 Å². The van der Waals surface area contributed by atoms with Crippen molar-refractivity contribution in [3.8, 4) is 11.3 Å². The van der Waals surface area contributed by atoms with Crippen molar-refractivity contribution in [1.29, 1.82) is 0 Å². The molecule has 1 amide bonds. The fourth-order valence-electron chi connectivity index (χ4n) is 2.79. The van der Waals surface area contributed by atoms with Gasteiger partial charge in [-0.15, -0.1) is 0 Å². The summed E-state index contributed by atoms with van der Waals surface area (Å²) < 4.78 is 15.1. The number of benzene rings is 1. The van der Waals surface area contributed by atoms with Crippen molar-refractivity contribution in [1.82, 2.24) is 19.7 Å². The lowest BCUT2D eigenvalue weighted by Crippen LogP contribution is -2.29. The molecule has 0 spiro atoms. The third kappa shape index (κ3) is 3.79. The standard InChI is InChI=1S/C20H21FN4O/c1-14-12-16(4-5-17(14)21)19-13-18(23-25(19)3)20(26)24(2)11-8-15-6-9-22-10-7-15/h4-7,9-10,12-13H,8,11H2,1-3H3. The zero-order valence-corrected chi connectivity index (χ0v) is 15.1. The Morgan fingerprint density at radius 3 is 2.62 bits per heavy atom. The predicted octanol–water partition coefficient (Wildman–Crippen LogP) is 3.24. The number of hydrogen-bond donors (Lipinski definition) is 0. The van der Waals surface area contributed by atoms with Gasteiger partial charge in [0, 0.05) is 38.6 Å². The largest absolute Gasteiger partial charge is 0.340 e. The number of aromatic nitrogens is 3. The molecule has 0 saturated carbocycles. The van der Waals surface area contributed by atoms with E-state index in [0.717, 1.165) is 23.2 Å². The molecule has 0 N–H and O–H groups in total. The van der Waals surface area contributed by atoms with Crippen LogP contribution in [0.4, 0.5) is 4.39 Å². The first-order chi connectivity index (χ1) is 12.5. The predicted molar refractivity (Wildman–Crippen MR) is 98.2 cm³/mol. The van der Waals surface area contributed by atoms with Crippen molar-refractivity contribution < 1.29 is 9.18 Å². The zero-order chi connectivity index (χ0) is 18.7. The summed E-state index contributed by atoms with van der Waals surface area (Å²) in [5.74, 6) is -0.386. The number of carbonyl (C=O) groups excluding carboxylic acids is 1. The third-order valence-electron chi connectivity index (χ3n) is 4.38. The van der Waals surface area contributed by atoms with Crippen molar-refractivity contribution in [2.45, 2.75) is 13.3 Å². The molecule has 0 radical (unpaired) electrons. The smallest absolute Gasteiger partial charge is 0.274 e. The molecule has 0 unspecified atom stereocenters. The summed E-state index contributed by atoms with van der Waals surface area (Å²) in [6.45, 7) is 2.30. The van der Waals surface area contributed by atoms with Crippen LogP contribution in [0.1, 0.15) is 21.6 Å². The quantitative estimate of drug-likeness (QED) is 0.708. The molecule has 134 valence electrons. The first-order valence-corrected chi connectivity index (χ1v) is 8.40. The molecular weight excluding hydrogens is 331 g/mol. The SMILES string of the molecule is Cc1cc(-c2cc(C(=O)N(C)CCc3ccncc3)nn2C)ccc1F. The van der Waals surface area contributed by atoms with Crippen LogP contribution >= 0.6 is 0 Å². The van der Waals surface area contributed by atoms with Crippen molar-refractivity contribution in [2.75, 3.05) is 13.6 Å². The van der Waals surface area contributed by atoms with Crippen LogP contribution in [0, 0.1) is 12.7 Å². The van der Waals surface area contributed by atoms with E-state index in [4.69, 9.17) is 0 Å². The Morgan fingerprint density at radius 1 is 1.19 bits per heavy atom. The molecular formula is C20H21FN4O. The Labute approximate surface area is 152 Å². The topological polar surface area (TPSA) is 51.0 Å². The highest BCUT2D eigenvalue weighted by molar-refractivity contribution is 5.93. The summed E-state index contributed by atoms with van der Waals surface area (Å²) in [7, 11) is 3.54. The Kier molecular flexibility index (Phi) is 5.11. The molecule has 0 atom stereocenters. The van der Waals surface area contributed by atoms with E-state index >= 15 is 0 Å². The molecule has 0 aliphatic rings. The third-order valence-corrected chi connectivity index (χ3v) is 4.38. The average Bonchev–Trinajstić information content (AvgIpc) is 3.04. The van der Waals surface area contributed by atoms with Gasteiger partial charge in [-0.05, 0) is 60.9 Å². The van der Waals surface area contributed by atoms with Gasteiger partial charge >= 0.3 is 0 Å². The van der Waals surface area contributed by atoms with Crippen LogP contribution in [-0.2, 0) is 13.5 Å². The summed E-state index contributed by atoms with van der Waals surface area (Å²) in [5, 5.41) is 4.34. The van der Waals surface area contributed by atoms with Crippen molar-refractivity contribution in [3.05, 3.63) is 71.4 Å². The number of likely N-dealkylation sites (N-methyl/N-ethyl adjacent to an activating group) is 1. The van der Waals surface area contributed by atoms with Crippen molar-refractivity contribution in [3.63, 3.8) is 0 Å². The van der Waals surface area contributed by atoms with Gasteiger partial charge in [-0.25, -0.2) is 4.39 Å². The van der Waals surface area contributed by atoms with E-state index in [9.17, 15) is 9.18 Å². The molecule has 0 aliphatic carbocycles. The molecule has 0 saturated heterocycles. The van der Waals surface area contributed by atoms with Crippen molar-refractivity contribution >= 4 is 5.91 Å². The van der Waals surface area contributed by atoms with E-state index < -0.39 is 0 Å². The molecule has 2 heterocycles. The van der Waals surface area contributed by atoms with Gasteiger partial charge in [-0.1, -0.05) is 0 Å². The summed E-state index contributed by atoms with van der Waals surface area (Å²) >= 11 is 0. The number of halogens is 1. The second kappa shape index (κ2) is 7.47. The van der Waals surface area contributed by atoms with Gasteiger partial charge in [0.25, 0.3) is 5.91 Å². The van der Waals surface area contributed by atoms with Gasteiger partial charge in [0.2, 0.25) is 0 Å². The minimum absolute atomic E-state index is 0.139. The number of aryl methyl sites for hydroxylation is 2. The second-order valence-corrected chi connectivity index (χ2v) is 6.33. The summed E-state index contributed by atoms with van der Waals surface area (Å²) in [5.41, 5.74) is 3.67. The van der Waals surface area contributed by atoms with Gasteiger partial charge in [0.15, 0.2) is 5.69 Å². The number of rotatable bonds is 5. The molecule has 3 aromatic rings. The molecule has 0 fully saturated rings. The number of carbonyl (C=O) groups is 1. The molecule has 3 rings (SSSR count). The highest BCUT2D eigenvalue weighted by Gasteiger charge is 2.18. The summed E-state index contributed by atoms with van der Waals surface area (Å²) in [4.78, 5) is 18.3. The van der Waals surface area contributed by atoms with Crippen LogP contribution in [0.25, 0.3) is 11.3 Å². The Balaban J connectivity index is 1.74. The Hall–Kier alpha value is -3.02. The fourth-order valence-corrected chi connectivity index (χ4v) is 2.79. The normalized spacial score (nSPS) is 10.8. The van der Waals surface area contributed by atoms with E-state index in [-0.39, 0.29) is 11.7 Å². The van der Waals surface area contributed by atoms with Gasteiger partial charge in [-0.2, -0.15) is 5.10 Å². The number of hydrogen-bond acceptors (Lipinski definition) is 3. The molecule has 2 aromatic heterocycles. The van der Waals surface area contributed by atoms with Crippen LogP contribution in [0.5, 0.6) is 0 Å². The minimum atomic E-state index is -0.247. The van der Waals surface area contributed by atoms with Crippen LogP contribution in [0.2, 0.25) is 0 Å². The van der Waals surface area contributed by atoms with Crippen LogP contribution in [0.3, 0.4) is 0 Å². The highest BCUT2D eigenvalue weighted by Crippen LogP contribution is 2.23. The van der Waals surface area contributed by atoms with E-state index in [0.29, 0.717) is 17.8 Å². The molecule has 1 aromatic carbocycles. The number of pyridine rings is 1. The lowest BCUT2D eigenvalue weighted by Gasteiger charge is -2.15. The monoisotopic (exact) mass is 352 g/mol. The molecule has 5 nitrogen and oxygen atoms in total. The Morgan fingerprint density at radius 2 is 1.92 bits per heavy atom. The summed E-state index contributed by atoms with van der Waals surface area (Å²) in [6.07, 6.45) is 4.24. The van der Waals surface area contributed by atoms with Crippen molar-refractivity contribution in [2.24, 2.45) is 7.05 Å². The minimum Gasteiger partial charge on any atom is -0.340 e. The molecule has 6 heteroatoms. The second-order valence-electron chi connectivity index (χ2n) is 6.33. The van der Waals surface area contributed by atoms with E-state index in [1.54, 1.807) is 61.2 Å². The number of amides is 1.